The van der Waals surface area contributed by atoms with Gasteiger partial charge in [-0.1, -0.05) is 23.7 Å². The number of hydrogen-bond donors (Lipinski definition) is 0. The molecule has 0 atom stereocenters. The molecule has 0 unspecified atom stereocenters. The summed E-state index contributed by atoms with van der Waals surface area (Å²) in [5, 5.41) is 3.10. The maximum Gasteiger partial charge on any atom is 0.325 e. The Morgan fingerprint density at radius 2 is 2.00 bits per heavy atom. The fourth-order valence-electron chi connectivity index (χ4n) is 1.85. The van der Waals surface area contributed by atoms with Crippen LogP contribution in [-0.4, -0.2) is 35.4 Å². The standard InChI is InChI=1S/C15H15ClN2O3S/c1-10-17-13(9-22-10)15(20)18(8-14(19)21-2)7-11-3-5-12(16)6-4-11/h3-6,9H,7-8H2,1-2H3. The van der Waals surface area contributed by atoms with Gasteiger partial charge in [-0.2, -0.15) is 0 Å². The smallest absolute Gasteiger partial charge is 0.325 e. The van der Waals surface area contributed by atoms with Gasteiger partial charge in [-0.25, -0.2) is 4.98 Å². The van der Waals surface area contributed by atoms with E-state index in [0.29, 0.717) is 10.7 Å². The number of hydrogen-bond acceptors (Lipinski definition) is 5. The van der Waals surface area contributed by atoms with Crippen molar-refractivity contribution in [2.45, 2.75) is 13.5 Å². The molecule has 1 heterocycles. The van der Waals surface area contributed by atoms with Gasteiger partial charge < -0.3 is 9.64 Å². The first-order chi connectivity index (χ1) is 10.5. The first-order valence-electron chi connectivity index (χ1n) is 6.52. The molecule has 0 saturated carbocycles. The molecule has 1 aromatic carbocycles. The van der Waals surface area contributed by atoms with Crippen LogP contribution in [0.1, 0.15) is 21.1 Å². The number of amides is 1. The highest BCUT2D eigenvalue weighted by molar-refractivity contribution is 7.09. The zero-order valence-electron chi connectivity index (χ0n) is 12.2. The second-order valence-corrected chi connectivity index (χ2v) is 6.11. The predicted octanol–water partition coefficient (Wildman–Crippen LogP) is 2.92. The SMILES string of the molecule is COC(=O)CN(Cc1ccc(Cl)cc1)C(=O)c1csc(C)n1. The fourth-order valence-corrected chi connectivity index (χ4v) is 2.57. The molecule has 0 saturated heterocycles. The monoisotopic (exact) mass is 338 g/mol. The van der Waals surface area contributed by atoms with Crippen molar-refractivity contribution in [3.05, 3.63) is 50.9 Å². The number of rotatable bonds is 5. The molecule has 7 heteroatoms. The van der Waals surface area contributed by atoms with Crippen LogP contribution in [0.4, 0.5) is 0 Å². The number of halogens is 1. The summed E-state index contributed by atoms with van der Waals surface area (Å²) >= 11 is 7.24. The minimum absolute atomic E-state index is 0.130. The van der Waals surface area contributed by atoms with E-state index in [2.05, 4.69) is 9.72 Å². The van der Waals surface area contributed by atoms with Crippen molar-refractivity contribution in [2.75, 3.05) is 13.7 Å². The van der Waals surface area contributed by atoms with Crippen molar-refractivity contribution >= 4 is 34.8 Å². The van der Waals surface area contributed by atoms with Crippen LogP contribution in [0.3, 0.4) is 0 Å². The molecule has 1 aromatic heterocycles. The third-order valence-corrected chi connectivity index (χ3v) is 3.99. The van der Waals surface area contributed by atoms with Crippen LogP contribution < -0.4 is 0 Å². The van der Waals surface area contributed by atoms with Crippen molar-refractivity contribution in [1.29, 1.82) is 0 Å². The molecule has 116 valence electrons. The number of benzene rings is 1. The predicted molar refractivity (Wildman–Crippen MR) is 85.1 cm³/mol. The van der Waals surface area contributed by atoms with Gasteiger partial charge >= 0.3 is 5.97 Å². The summed E-state index contributed by atoms with van der Waals surface area (Å²) in [4.78, 5) is 29.7. The van der Waals surface area contributed by atoms with Gasteiger partial charge in [0.05, 0.1) is 12.1 Å². The van der Waals surface area contributed by atoms with Gasteiger partial charge in [0.15, 0.2) is 0 Å². The zero-order chi connectivity index (χ0) is 16.1. The molecule has 0 N–H and O–H groups in total. The second-order valence-electron chi connectivity index (χ2n) is 4.62. The summed E-state index contributed by atoms with van der Waals surface area (Å²) in [5.41, 5.74) is 1.20. The molecule has 0 radical (unpaired) electrons. The highest BCUT2D eigenvalue weighted by atomic mass is 35.5. The van der Waals surface area contributed by atoms with E-state index >= 15 is 0 Å². The average Bonchev–Trinajstić information content (AvgIpc) is 2.94. The van der Waals surface area contributed by atoms with Crippen LogP contribution in [0.25, 0.3) is 0 Å². The van der Waals surface area contributed by atoms with Crippen molar-refractivity contribution in [3.8, 4) is 0 Å². The van der Waals surface area contributed by atoms with Crippen LogP contribution in [0.5, 0.6) is 0 Å². The van der Waals surface area contributed by atoms with Gasteiger partial charge in [-0.15, -0.1) is 11.3 Å². The average molecular weight is 339 g/mol. The summed E-state index contributed by atoms with van der Waals surface area (Å²) in [7, 11) is 1.29. The van der Waals surface area contributed by atoms with E-state index in [-0.39, 0.29) is 19.0 Å². The first kappa shape index (κ1) is 16.5. The van der Waals surface area contributed by atoms with E-state index in [1.165, 1.54) is 23.3 Å². The summed E-state index contributed by atoms with van der Waals surface area (Å²) < 4.78 is 4.66. The molecule has 0 aliphatic carbocycles. The number of ether oxygens (including phenoxy) is 1. The van der Waals surface area contributed by atoms with Crippen molar-refractivity contribution < 1.29 is 14.3 Å². The van der Waals surface area contributed by atoms with E-state index < -0.39 is 5.97 Å². The largest absolute Gasteiger partial charge is 0.468 e. The number of esters is 1. The Kier molecular flexibility index (Phi) is 5.51. The maximum absolute atomic E-state index is 12.5. The van der Waals surface area contributed by atoms with Crippen LogP contribution in [0.15, 0.2) is 29.6 Å². The highest BCUT2D eigenvalue weighted by Crippen LogP contribution is 2.15. The van der Waals surface area contributed by atoms with E-state index in [4.69, 9.17) is 11.6 Å². The van der Waals surface area contributed by atoms with Gasteiger partial charge in [0.25, 0.3) is 5.91 Å². The molecule has 0 bridgehead atoms. The lowest BCUT2D eigenvalue weighted by Crippen LogP contribution is -2.36. The van der Waals surface area contributed by atoms with E-state index in [9.17, 15) is 9.59 Å². The summed E-state index contributed by atoms with van der Waals surface area (Å²) in [6.07, 6.45) is 0. The fraction of sp³-hybridized carbons (Fsp3) is 0.267. The minimum Gasteiger partial charge on any atom is -0.468 e. The summed E-state index contributed by atoms with van der Waals surface area (Å²) in [6, 6.07) is 7.10. The topological polar surface area (TPSA) is 59.5 Å². The number of carbonyl (C=O) groups excluding carboxylic acids is 2. The molecule has 5 nitrogen and oxygen atoms in total. The Morgan fingerprint density at radius 3 is 2.55 bits per heavy atom. The van der Waals surface area contributed by atoms with Gasteiger partial charge in [-0.05, 0) is 24.6 Å². The van der Waals surface area contributed by atoms with Crippen LogP contribution in [0, 0.1) is 6.92 Å². The van der Waals surface area contributed by atoms with E-state index in [1.807, 2.05) is 19.1 Å². The molecule has 22 heavy (non-hydrogen) atoms. The number of nitrogens with zero attached hydrogens (tertiary/aromatic N) is 2. The Balaban J connectivity index is 2.20. The van der Waals surface area contributed by atoms with Crippen LogP contribution in [0.2, 0.25) is 5.02 Å². The molecule has 0 fully saturated rings. The lowest BCUT2D eigenvalue weighted by Gasteiger charge is -2.20. The zero-order valence-corrected chi connectivity index (χ0v) is 13.8. The number of thiazole rings is 1. The molecular formula is C15H15ClN2O3S. The van der Waals surface area contributed by atoms with Gasteiger partial charge in [0.1, 0.15) is 12.2 Å². The van der Waals surface area contributed by atoms with Crippen molar-refractivity contribution in [1.82, 2.24) is 9.88 Å². The Hall–Kier alpha value is -1.92. The molecule has 1 amide bonds. The second kappa shape index (κ2) is 7.38. The molecule has 2 rings (SSSR count). The van der Waals surface area contributed by atoms with Gasteiger partial charge in [0, 0.05) is 16.9 Å². The van der Waals surface area contributed by atoms with Crippen molar-refractivity contribution in [2.24, 2.45) is 0 Å². The third kappa shape index (κ3) is 4.29. The molecular weight excluding hydrogens is 324 g/mol. The lowest BCUT2D eigenvalue weighted by molar-refractivity contribution is -0.141. The number of methoxy groups -OCH3 is 1. The third-order valence-electron chi connectivity index (χ3n) is 2.96. The number of aromatic nitrogens is 1. The molecule has 2 aromatic rings. The molecule has 0 aliphatic rings. The Bertz CT molecular complexity index is 670. The minimum atomic E-state index is -0.478. The maximum atomic E-state index is 12.5. The van der Waals surface area contributed by atoms with Gasteiger partial charge in [-0.3, -0.25) is 9.59 Å². The van der Waals surface area contributed by atoms with Crippen molar-refractivity contribution in [3.63, 3.8) is 0 Å². The van der Waals surface area contributed by atoms with Gasteiger partial charge in [0.2, 0.25) is 0 Å². The highest BCUT2D eigenvalue weighted by Gasteiger charge is 2.21. The van der Waals surface area contributed by atoms with E-state index in [1.54, 1.807) is 17.5 Å². The molecule has 0 aliphatic heterocycles. The van der Waals surface area contributed by atoms with Crippen LogP contribution in [-0.2, 0) is 16.1 Å². The lowest BCUT2D eigenvalue weighted by atomic mass is 10.2. The summed E-state index contributed by atoms with van der Waals surface area (Å²) in [6.45, 7) is 1.97. The van der Waals surface area contributed by atoms with Crippen LogP contribution >= 0.6 is 22.9 Å². The normalized spacial score (nSPS) is 10.3. The quantitative estimate of drug-likeness (QED) is 0.786. The number of carbonyl (C=O) groups is 2. The van der Waals surface area contributed by atoms with E-state index in [0.717, 1.165) is 10.6 Å². The summed E-state index contributed by atoms with van der Waals surface area (Å²) in [5.74, 6) is -0.779. The Morgan fingerprint density at radius 1 is 1.32 bits per heavy atom. The Labute approximate surface area is 137 Å². The number of aryl methyl sites for hydroxylation is 1. The first-order valence-corrected chi connectivity index (χ1v) is 7.78. The molecule has 0 spiro atoms.